The molecule has 2 heteroatoms. The highest BCUT2D eigenvalue weighted by Gasteiger charge is 2.16. The maximum Gasteiger partial charge on any atom is 0.123 e. The van der Waals surface area contributed by atoms with E-state index in [0.29, 0.717) is 12.0 Å². The molecule has 1 aromatic rings. The molecule has 0 aliphatic rings. The normalized spacial score (nSPS) is 14.8. The summed E-state index contributed by atoms with van der Waals surface area (Å²) in [5, 5.41) is 3.50. The van der Waals surface area contributed by atoms with Gasteiger partial charge in [0.2, 0.25) is 0 Å². The fourth-order valence-corrected chi connectivity index (χ4v) is 2.10. The van der Waals surface area contributed by atoms with Gasteiger partial charge in [-0.05, 0) is 49.9 Å². The molecule has 90 valence electrons. The lowest BCUT2D eigenvalue weighted by Gasteiger charge is -2.24. The van der Waals surface area contributed by atoms with Gasteiger partial charge in [0.25, 0.3) is 0 Å². The second-order valence-corrected chi connectivity index (χ2v) is 4.31. The molecular formula is C14H22FN. The monoisotopic (exact) mass is 223 g/mol. The zero-order chi connectivity index (χ0) is 12.0. The van der Waals surface area contributed by atoms with E-state index in [-0.39, 0.29) is 5.82 Å². The van der Waals surface area contributed by atoms with Gasteiger partial charge < -0.3 is 5.32 Å². The average Bonchev–Trinajstić information content (AvgIpc) is 2.30. The van der Waals surface area contributed by atoms with Gasteiger partial charge in [-0.1, -0.05) is 26.0 Å². The summed E-state index contributed by atoms with van der Waals surface area (Å²) in [5.74, 6) is 0.305. The van der Waals surface area contributed by atoms with Gasteiger partial charge in [-0.15, -0.1) is 0 Å². The zero-order valence-corrected chi connectivity index (χ0v) is 10.5. The molecule has 1 nitrogen and oxygen atoms in total. The Bertz CT molecular complexity index is 294. The summed E-state index contributed by atoms with van der Waals surface area (Å²) in [6.07, 6.45) is 2.22. The lowest BCUT2D eigenvalue weighted by Crippen LogP contribution is -2.32. The molecule has 1 rings (SSSR count). The van der Waals surface area contributed by atoms with Crippen LogP contribution >= 0.6 is 0 Å². The number of hydrogen-bond donors (Lipinski definition) is 1. The molecule has 0 saturated carbocycles. The Morgan fingerprint density at radius 1 is 1.19 bits per heavy atom. The van der Waals surface area contributed by atoms with Crippen molar-refractivity contribution in [2.75, 3.05) is 6.54 Å². The minimum absolute atomic E-state index is 0.159. The molecule has 0 aliphatic carbocycles. The van der Waals surface area contributed by atoms with Crippen LogP contribution in [0.25, 0.3) is 0 Å². The van der Waals surface area contributed by atoms with Gasteiger partial charge in [0.05, 0.1) is 0 Å². The van der Waals surface area contributed by atoms with Gasteiger partial charge in [-0.25, -0.2) is 4.39 Å². The molecule has 2 unspecified atom stereocenters. The van der Waals surface area contributed by atoms with Crippen LogP contribution < -0.4 is 5.32 Å². The highest BCUT2D eigenvalue weighted by atomic mass is 19.1. The molecule has 1 aromatic carbocycles. The smallest absolute Gasteiger partial charge is 0.123 e. The third kappa shape index (κ3) is 3.60. The molecule has 0 radical (unpaired) electrons. The summed E-state index contributed by atoms with van der Waals surface area (Å²) >= 11 is 0. The van der Waals surface area contributed by atoms with Crippen molar-refractivity contribution in [1.29, 1.82) is 0 Å². The Balaban J connectivity index is 2.69. The maximum absolute atomic E-state index is 12.8. The van der Waals surface area contributed by atoms with Gasteiger partial charge in [-0.2, -0.15) is 0 Å². The van der Waals surface area contributed by atoms with Crippen molar-refractivity contribution in [3.05, 3.63) is 35.6 Å². The highest BCUT2D eigenvalue weighted by molar-refractivity contribution is 5.21. The first kappa shape index (κ1) is 13.2. The van der Waals surface area contributed by atoms with E-state index in [2.05, 4.69) is 26.1 Å². The van der Waals surface area contributed by atoms with Crippen LogP contribution in [-0.4, -0.2) is 12.6 Å². The van der Waals surface area contributed by atoms with Crippen molar-refractivity contribution in [2.24, 2.45) is 0 Å². The molecule has 0 amide bonds. The Hall–Kier alpha value is -0.890. The largest absolute Gasteiger partial charge is 0.314 e. The number of nitrogens with one attached hydrogen (secondary N) is 1. The van der Waals surface area contributed by atoms with E-state index in [4.69, 9.17) is 0 Å². The molecule has 0 fully saturated rings. The van der Waals surface area contributed by atoms with Gasteiger partial charge in [0.1, 0.15) is 5.82 Å². The summed E-state index contributed by atoms with van der Waals surface area (Å²) < 4.78 is 12.8. The third-order valence-electron chi connectivity index (χ3n) is 3.06. The lowest BCUT2D eigenvalue weighted by molar-refractivity contribution is 0.449. The SMILES string of the molecule is CCCNC(C)C(CC)c1ccc(F)cc1. The van der Waals surface area contributed by atoms with Crippen molar-refractivity contribution >= 4 is 0 Å². The van der Waals surface area contributed by atoms with E-state index in [1.807, 2.05) is 12.1 Å². The molecule has 0 spiro atoms. The molecule has 0 aromatic heterocycles. The highest BCUT2D eigenvalue weighted by Crippen LogP contribution is 2.23. The van der Waals surface area contributed by atoms with E-state index in [9.17, 15) is 4.39 Å². The van der Waals surface area contributed by atoms with Crippen LogP contribution in [-0.2, 0) is 0 Å². The van der Waals surface area contributed by atoms with Crippen molar-refractivity contribution in [2.45, 2.75) is 45.6 Å². The van der Waals surface area contributed by atoms with E-state index in [0.717, 1.165) is 19.4 Å². The van der Waals surface area contributed by atoms with Crippen LogP contribution in [0.15, 0.2) is 24.3 Å². The maximum atomic E-state index is 12.8. The minimum atomic E-state index is -0.159. The fraction of sp³-hybridized carbons (Fsp3) is 0.571. The van der Waals surface area contributed by atoms with Gasteiger partial charge in [-0.3, -0.25) is 0 Å². The predicted molar refractivity (Wildman–Crippen MR) is 67.2 cm³/mol. The second-order valence-electron chi connectivity index (χ2n) is 4.31. The first-order valence-electron chi connectivity index (χ1n) is 6.17. The molecule has 0 aliphatic heterocycles. The van der Waals surface area contributed by atoms with Crippen molar-refractivity contribution in [3.8, 4) is 0 Å². The summed E-state index contributed by atoms with van der Waals surface area (Å²) in [4.78, 5) is 0. The lowest BCUT2D eigenvalue weighted by atomic mass is 9.90. The molecule has 16 heavy (non-hydrogen) atoms. The van der Waals surface area contributed by atoms with Crippen LogP contribution in [0, 0.1) is 5.82 Å². The summed E-state index contributed by atoms with van der Waals surface area (Å²) in [6, 6.07) is 7.33. The summed E-state index contributed by atoms with van der Waals surface area (Å²) in [6.45, 7) is 7.59. The van der Waals surface area contributed by atoms with E-state index in [1.165, 1.54) is 5.56 Å². The van der Waals surface area contributed by atoms with Crippen LogP contribution in [0.2, 0.25) is 0 Å². The van der Waals surface area contributed by atoms with Crippen LogP contribution in [0.3, 0.4) is 0 Å². The van der Waals surface area contributed by atoms with E-state index >= 15 is 0 Å². The first-order chi connectivity index (χ1) is 7.69. The number of hydrogen-bond acceptors (Lipinski definition) is 1. The van der Waals surface area contributed by atoms with Crippen LogP contribution in [0.4, 0.5) is 4.39 Å². The molecule has 0 saturated heterocycles. The quantitative estimate of drug-likeness (QED) is 0.775. The van der Waals surface area contributed by atoms with E-state index < -0.39 is 0 Å². The van der Waals surface area contributed by atoms with Crippen molar-refractivity contribution in [3.63, 3.8) is 0 Å². The Morgan fingerprint density at radius 3 is 2.31 bits per heavy atom. The number of halogens is 1. The molecule has 2 atom stereocenters. The fourth-order valence-electron chi connectivity index (χ4n) is 2.10. The van der Waals surface area contributed by atoms with Crippen molar-refractivity contribution in [1.82, 2.24) is 5.32 Å². The molecule has 0 heterocycles. The summed E-state index contributed by atoms with van der Waals surface area (Å²) in [7, 11) is 0. The number of benzene rings is 1. The minimum Gasteiger partial charge on any atom is -0.314 e. The van der Waals surface area contributed by atoms with E-state index in [1.54, 1.807) is 12.1 Å². The number of rotatable bonds is 6. The van der Waals surface area contributed by atoms with Crippen molar-refractivity contribution < 1.29 is 4.39 Å². The van der Waals surface area contributed by atoms with Gasteiger partial charge >= 0.3 is 0 Å². The Kier molecular flexibility index (Phi) is 5.47. The van der Waals surface area contributed by atoms with Crippen LogP contribution in [0.1, 0.15) is 45.1 Å². The summed E-state index contributed by atoms with van der Waals surface area (Å²) in [5.41, 5.74) is 1.22. The van der Waals surface area contributed by atoms with Gasteiger partial charge in [0, 0.05) is 6.04 Å². The zero-order valence-electron chi connectivity index (χ0n) is 10.5. The first-order valence-corrected chi connectivity index (χ1v) is 6.17. The average molecular weight is 223 g/mol. The predicted octanol–water partition coefficient (Wildman–Crippen LogP) is 3.71. The second kappa shape index (κ2) is 6.64. The van der Waals surface area contributed by atoms with Gasteiger partial charge in [0.15, 0.2) is 0 Å². The Labute approximate surface area is 98.1 Å². The molecular weight excluding hydrogens is 201 g/mol. The standard InChI is InChI=1S/C14H22FN/c1-4-10-16-11(3)14(5-2)12-6-8-13(15)9-7-12/h6-9,11,14,16H,4-5,10H2,1-3H3. The third-order valence-corrected chi connectivity index (χ3v) is 3.06. The topological polar surface area (TPSA) is 12.0 Å². The molecule has 1 N–H and O–H groups in total. The van der Waals surface area contributed by atoms with Crippen LogP contribution in [0.5, 0.6) is 0 Å². The molecule has 0 bridgehead atoms. The Morgan fingerprint density at radius 2 is 1.81 bits per heavy atom.